The van der Waals surface area contributed by atoms with Gasteiger partial charge in [-0.15, -0.1) is 0 Å². The number of imide groups is 1. The molecule has 8 heteroatoms. The highest BCUT2D eigenvalue weighted by molar-refractivity contribution is 9.10. The summed E-state index contributed by atoms with van der Waals surface area (Å²) in [7, 11) is 0. The van der Waals surface area contributed by atoms with Gasteiger partial charge in [-0.1, -0.05) is 22.0 Å². The van der Waals surface area contributed by atoms with Crippen molar-refractivity contribution in [3.05, 3.63) is 30.1 Å². The van der Waals surface area contributed by atoms with Gasteiger partial charge in [-0.3, -0.25) is 19.8 Å². The van der Waals surface area contributed by atoms with Gasteiger partial charge >= 0.3 is 0 Å². The molecular weight excluding hydrogens is 453 g/mol. The Bertz CT molecular complexity index is 1030. The SMILES string of the molecule is O=C1[C@@H]2C(C(=O)C34CC5CC(CC(Br)(C5)C3)C4)=NN[C@@H]2C(=O)N1c1cccc(F)c1. The van der Waals surface area contributed by atoms with Crippen LogP contribution in [0.5, 0.6) is 0 Å². The number of benzene rings is 1. The first kappa shape index (κ1) is 18.7. The molecule has 30 heavy (non-hydrogen) atoms. The van der Waals surface area contributed by atoms with Gasteiger partial charge in [0.2, 0.25) is 5.91 Å². The van der Waals surface area contributed by atoms with Crippen molar-refractivity contribution in [3.8, 4) is 0 Å². The summed E-state index contributed by atoms with van der Waals surface area (Å²) in [5.41, 5.74) is 2.59. The van der Waals surface area contributed by atoms with E-state index in [0.717, 1.165) is 43.1 Å². The predicted molar refractivity (Wildman–Crippen MR) is 111 cm³/mol. The summed E-state index contributed by atoms with van der Waals surface area (Å²) in [6, 6.07) is 4.49. The summed E-state index contributed by atoms with van der Waals surface area (Å²) in [6.45, 7) is 0. The van der Waals surface area contributed by atoms with E-state index in [1.807, 2.05) is 0 Å². The zero-order valence-electron chi connectivity index (χ0n) is 16.2. The third-order valence-corrected chi connectivity index (χ3v) is 8.62. The maximum atomic E-state index is 13.8. The Morgan fingerprint density at radius 2 is 1.90 bits per heavy atom. The van der Waals surface area contributed by atoms with Crippen molar-refractivity contribution >= 4 is 44.9 Å². The second-order valence-corrected chi connectivity index (χ2v) is 11.5. The molecule has 5 fully saturated rings. The van der Waals surface area contributed by atoms with Crippen LogP contribution in [0.3, 0.4) is 0 Å². The fourth-order valence-corrected chi connectivity index (χ4v) is 8.49. The lowest BCUT2D eigenvalue weighted by Gasteiger charge is -2.59. The van der Waals surface area contributed by atoms with E-state index in [-0.39, 0.29) is 21.5 Å². The molecule has 2 unspecified atom stereocenters. The number of halogens is 2. The van der Waals surface area contributed by atoms with Crippen LogP contribution in [0.2, 0.25) is 0 Å². The first-order valence-corrected chi connectivity index (χ1v) is 11.3. The van der Waals surface area contributed by atoms with Crippen molar-refractivity contribution in [2.24, 2.45) is 28.3 Å². The Morgan fingerprint density at radius 3 is 2.57 bits per heavy atom. The number of carbonyl (C=O) groups excluding carboxylic acids is 3. The molecule has 0 radical (unpaired) electrons. The van der Waals surface area contributed by atoms with Gasteiger partial charge in [0.15, 0.2) is 5.78 Å². The molecule has 4 bridgehead atoms. The number of hydrogen-bond acceptors (Lipinski definition) is 5. The standard InChI is InChI=1S/C22H21BrFN3O3/c23-22-8-11-4-12(9-22)7-21(6-11,10-22)18(28)16-15-17(26-25-16)20(30)27(19(15)29)14-3-1-2-13(24)5-14/h1-3,5,11-12,15,17,26H,4,6-10H2/t11?,12?,15-,17+,21?,22?/m1/s1. The Hall–Kier alpha value is -2.09. The van der Waals surface area contributed by atoms with E-state index in [9.17, 15) is 18.8 Å². The second kappa shape index (κ2) is 5.99. The Kier molecular flexibility index (Phi) is 3.73. The van der Waals surface area contributed by atoms with E-state index in [1.54, 1.807) is 0 Å². The van der Waals surface area contributed by atoms with Crippen LogP contribution >= 0.6 is 15.9 Å². The molecule has 2 amide bonds. The third kappa shape index (κ3) is 2.46. The highest BCUT2D eigenvalue weighted by Gasteiger charge is 2.63. The number of anilines is 1. The molecule has 6 nitrogen and oxygen atoms in total. The van der Waals surface area contributed by atoms with E-state index in [1.165, 1.54) is 24.6 Å². The van der Waals surface area contributed by atoms with Crippen LogP contribution in [0, 0.1) is 29.0 Å². The minimum absolute atomic E-state index is 0.00183. The maximum absolute atomic E-state index is 13.8. The van der Waals surface area contributed by atoms with Crippen LogP contribution in [0.1, 0.15) is 38.5 Å². The fraction of sp³-hybridized carbons (Fsp3) is 0.545. The zero-order chi connectivity index (χ0) is 20.8. The van der Waals surface area contributed by atoms with E-state index >= 15 is 0 Å². The predicted octanol–water partition coefficient (Wildman–Crippen LogP) is 2.95. The smallest absolute Gasteiger partial charge is 0.259 e. The Balaban J connectivity index is 1.33. The van der Waals surface area contributed by atoms with Gasteiger partial charge in [0, 0.05) is 9.74 Å². The molecule has 4 aliphatic carbocycles. The van der Waals surface area contributed by atoms with E-state index in [0.29, 0.717) is 11.8 Å². The molecule has 0 spiro atoms. The van der Waals surface area contributed by atoms with Gasteiger partial charge < -0.3 is 0 Å². The van der Waals surface area contributed by atoms with Crippen LogP contribution in [0.4, 0.5) is 10.1 Å². The quantitative estimate of drug-likeness (QED) is 0.540. The monoisotopic (exact) mass is 473 g/mol. The molecule has 1 N–H and O–H groups in total. The molecule has 4 saturated carbocycles. The molecule has 6 aliphatic rings. The first-order chi connectivity index (χ1) is 14.3. The van der Waals surface area contributed by atoms with Gasteiger partial charge in [0.25, 0.3) is 5.91 Å². The van der Waals surface area contributed by atoms with Gasteiger partial charge in [-0.2, -0.15) is 5.10 Å². The van der Waals surface area contributed by atoms with Gasteiger partial charge in [-0.05, 0) is 68.6 Å². The summed E-state index contributed by atoms with van der Waals surface area (Å²) in [5.74, 6) is -1.51. The summed E-state index contributed by atoms with van der Waals surface area (Å²) in [6.07, 6.45) is 5.80. The lowest BCUT2D eigenvalue weighted by molar-refractivity contribution is -0.135. The molecule has 4 atom stereocenters. The Labute approximate surface area is 181 Å². The number of amides is 2. The van der Waals surface area contributed by atoms with Crippen molar-refractivity contribution in [2.45, 2.75) is 48.9 Å². The van der Waals surface area contributed by atoms with Crippen molar-refractivity contribution in [1.29, 1.82) is 0 Å². The number of hydrogen-bond donors (Lipinski definition) is 1. The summed E-state index contributed by atoms with van der Waals surface area (Å²) in [4.78, 5) is 40.9. The number of alkyl halides is 1. The van der Waals surface area contributed by atoms with Crippen molar-refractivity contribution in [2.75, 3.05) is 4.90 Å². The minimum atomic E-state index is -0.937. The summed E-state index contributed by atoms with van der Waals surface area (Å²) >= 11 is 3.92. The first-order valence-electron chi connectivity index (χ1n) is 10.5. The van der Waals surface area contributed by atoms with Crippen LogP contribution in [-0.4, -0.2) is 33.7 Å². The van der Waals surface area contributed by atoms with E-state index in [2.05, 4.69) is 26.5 Å². The van der Waals surface area contributed by atoms with Crippen LogP contribution in [0.25, 0.3) is 0 Å². The number of Topliss-reactive ketones (excluding diaryl/α,β-unsaturated/α-hetero) is 1. The molecule has 2 heterocycles. The van der Waals surface area contributed by atoms with Crippen LogP contribution < -0.4 is 10.3 Å². The number of hydrazone groups is 1. The largest absolute Gasteiger partial charge is 0.296 e. The van der Waals surface area contributed by atoms with Crippen LogP contribution in [0.15, 0.2) is 29.4 Å². The lowest BCUT2D eigenvalue weighted by Crippen LogP contribution is -2.57. The van der Waals surface area contributed by atoms with E-state index in [4.69, 9.17) is 0 Å². The fourth-order valence-electron chi connectivity index (χ4n) is 7.03. The number of nitrogens with zero attached hydrogens (tertiary/aromatic N) is 2. The van der Waals surface area contributed by atoms with Crippen LogP contribution in [-0.2, 0) is 14.4 Å². The molecular formula is C22H21BrFN3O3. The average Bonchev–Trinajstić information content (AvgIpc) is 3.19. The molecule has 7 rings (SSSR count). The van der Waals surface area contributed by atoms with Gasteiger partial charge in [0.05, 0.1) is 5.69 Å². The normalized spacial score (nSPS) is 41.1. The number of rotatable bonds is 3. The number of fused-ring (bicyclic) bond motifs is 1. The lowest BCUT2D eigenvalue weighted by atomic mass is 9.48. The highest BCUT2D eigenvalue weighted by atomic mass is 79.9. The molecule has 156 valence electrons. The molecule has 1 saturated heterocycles. The number of carbonyl (C=O) groups is 3. The minimum Gasteiger partial charge on any atom is -0.296 e. The van der Waals surface area contributed by atoms with Crippen molar-refractivity contribution < 1.29 is 18.8 Å². The molecule has 0 aromatic heterocycles. The van der Waals surface area contributed by atoms with Crippen molar-refractivity contribution in [3.63, 3.8) is 0 Å². The van der Waals surface area contributed by atoms with E-state index < -0.39 is 35.0 Å². The second-order valence-electron chi connectivity index (χ2n) is 9.79. The average molecular weight is 474 g/mol. The summed E-state index contributed by atoms with van der Waals surface area (Å²) in [5, 5.41) is 4.21. The molecule has 1 aromatic rings. The summed E-state index contributed by atoms with van der Waals surface area (Å²) < 4.78 is 13.7. The topological polar surface area (TPSA) is 78.8 Å². The zero-order valence-corrected chi connectivity index (χ0v) is 17.8. The van der Waals surface area contributed by atoms with Gasteiger partial charge in [0.1, 0.15) is 23.5 Å². The maximum Gasteiger partial charge on any atom is 0.259 e. The molecule has 1 aromatic carbocycles. The number of nitrogens with one attached hydrogen (secondary N) is 1. The van der Waals surface area contributed by atoms with Crippen molar-refractivity contribution in [1.82, 2.24) is 5.43 Å². The highest BCUT2D eigenvalue weighted by Crippen LogP contribution is 2.65. The molecule has 2 aliphatic heterocycles. The Morgan fingerprint density at radius 1 is 1.17 bits per heavy atom. The number of ketones is 1. The third-order valence-electron chi connectivity index (χ3n) is 7.70. The van der Waals surface area contributed by atoms with Gasteiger partial charge in [-0.25, -0.2) is 9.29 Å².